The van der Waals surface area contributed by atoms with Crippen LogP contribution >= 0.6 is 28.1 Å². The van der Waals surface area contributed by atoms with Gasteiger partial charge in [-0.25, -0.2) is 0 Å². The van der Waals surface area contributed by atoms with Gasteiger partial charge in [-0.2, -0.15) is 5.10 Å². The van der Waals surface area contributed by atoms with Crippen LogP contribution in [0.25, 0.3) is 0 Å². The summed E-state index contributed by atoms with van der Waals surface area (Å²) in [6, 6.07) is 6.20. The van der Waals surface area contributed by atoms with E-state index in [0.29, 0.717) is 0 Å². The molecule has 0 heterocycles. The summed E-state index contributed by atoms with van der Waals surface area (Å²) in [5.74, 6) is 0. The number of hydrazone groups is 1. The zero-order chi connectivity index (χ0) is 10.8. The Bertz CT molecular complexity index is 442. The van der Waals surface area contributed by atoms with Crippen molar-refractivity contribution in [1.82, 2.24) is 5.43 Å². The number of nitrogens with one attached hydrogen (secondary N) is 1. The van der Waals surface area contributed by atoms with E-state index in [1.165, 1.54) is 11.1 Å². The van der Waals surface area contributed by atoms with Crippen molar-refractivity contribution in [1.29, 1.82) is 0 Å². The zero-order valence-corrected chi connectivity index (χ0v) is 10.4. The molecule has 0 saturated heterocycles. The maximum atomic E-state index is 5.32. The number of thiocarbonyl (C=S) groups is 1. The number of aryl methyl sites for hydroxylation is 1. The van der Waals surface area contributed by atoms with Crippen LogP contribution in [0.2, 0.25) is 0 Å². The van der Waals surface area contributed by atoms with Crippen LogP contribution in [0.4, 0.5) is 0 Å². The monoisotopic (exact) mass is 283 g/mol. The van der Waals surface area contributed by atoms with Gasteiger partial charge in [0.1, 0.15) is 0 Å². The molecule has 5 heteroatoms. The highest BCUT2D eigenvalue weighted by Gasteiger charge is 2.17. The smallest absolute Gasteiger partial charge is 0.184 e. The first-order chi connectivity index (χ1) is 7.16. The number of halogens is 1. The molecule has 2 rings (SSSR count). The standard InChI is InChI=1S/C10H10BrN3S/c11-7-2-3-8-6(5-7)1-4-9(8)13-14-10(12)15/h2-3,5H,1,4H2,(H3,12,14,15)/b13-9-. The molecule has 0 radical (unpaired) electrons. The Kier molecular flexibility index (Phi) is 3.02. The van der Waals surface area contributed by atoms with Gasteiger partial charge in [0.05, 0.1) is 5.71 Å². The topological polar surface area (TPSA) is 50.4 Å². The van der Waals surface area contributed by atoms with Crippen LogP contribution in [0.15, 0.2) is 27.8 Å². The van der Waals surface area contributed by atoms with E-state index in [-0.39, 0.29) is 5.11 Å². The Morgan fingerprint density at radius 1 is 1.47 bits per heavy atom. The van der Waals surface area contributed by atoms with Crippen molar-refractivity contribution in [3.63, 3.8) is 0 Å². The number of fused-ring (bicyclic) bond motifs is 1. The first-order valence-corrected chi connectivity index (χ1v) is 5.78. The van der Waals surface area contributed by atoms with Crippen LogP contribution in [0.3, 0.4) is 0 Å². The molecule has 0 amide bonds. The Morgan fingerprint density at radius 3 is 3.00 bits per heavy atom. The van der Waals surface area contributed by atoms with E-state index in [1.54, 1.807) is 0 Å². The fourth-order valence-corrected chi connectivity index (χ4v) is 2.13. The van der Waals surface area contributed by atoms with Crippen LogP contribution in [0.1, 0.15) is 17.5 Å². The lowest BCUT2D eigenvalue weighted by molar-refractivity contribution is 1.00. The average Bonchev–Trinajstić information content (AvgIpc) is 2.57. The number of benzene rings is 1. The summed E-state index contributed by atoms with van der Waals surface area (Å²) in [5.41, 5.74) is 11.5. The van der Waals surface area contributed by atoms with E-state index < -0.39 is 0 Å². The maximum absolute atomic E-state index is 5.32. The highest BCUT2D eigenvalue weighted by Crippen LogP contribution is 2.25. The number of rotatable bonds is 1. The molecule has 1 aliphatic carbocycles. The molecule has 15 heavy (non-hydrogen) atoms. The van der Waals surface area contributed by atoms with Gasteiger partial charge >= 0.3 is 0 Å². The molecular weight excluding hydrogens is 274 g/mol. The summed E-state index contributed by atoms with van der Waals surface area (Å²) >= 11 is 8.15. The lowest BCUT2D eigenvalue weighted by Gasteiger charge is -2.01. The molecule has 3 nitrogen and oxygen atoms in total. The van der Waals surface area contributed by atoms with Gasteiger partial charge in [-0.3, -0.25) is 5.43 Å². The third-order valence-electron chi connectivity index (χ3n) is 2.31. The Hall–Kier alpha value is -0.940. The SMILES string of the molecule is NC(=S)N/N=C1/CCc2cc(Br)ccc21. The van der Waals surface area contributed by atoms with E-state index in [1.807, 2.05) is 6.07 Å². The van der Waals surface area contributed by atoms with Crippen molar-refractivity contribution >= 4 is 39.0 Å². The lowest BCUT2D eigenvalue weighted by atomic mass is 10.1. The normalized spacial score (nSPS) is 16.5. The van der Waals surface area contributed by atoms with Gasteiger partial charge in [0, 0.05) is 10.0 Å². The van der Waals surface area contributed by atoms with Gasteiger partial charge in [-0.1, -0.05) is 22.0 Å². The number of nitrogens with two attached hydrogens (primary N) is 1. The molecule has 0 saturated carbocycles. The van der Waals surface area contributed by atoms with E-state index >= 15 is 0 Å². The third-order valence-corrected chi connectivity index (χ3v) is 2.89. The van der Waals surface area contributed by atoms with Crippen molar-refractivity contribution in [2.45, 2.75) is 12.8 Å². The highest BCUT2D eigenvalue weighted by atomic mass is 79.9. The van der Waals surface area contributed by atoms with Crippen LogP contribution in [0.5, 0.6) is 0 Å². The molecular formula is C10H10BrN3S. The maximum Gasteiger partial charge on any atom is 0.184 e. The zero-order valence-electron chi connectivity index (χ0n) is 7.96. The lowest BCUT2D eigenvalue weighted by Crippen LogP contribution is -2.25. The van der Waals surface area contributed by atoms with Gasteiger partial charge in [0.2, 0.25) is 0 Å². The van der Waals surface area contributed by atoms with Gasteiger partial charge in [-0.05, 0) is 42.8 Å². The minimum absolute atomic E-state index is 0.202. The molecule has 0 atom stereocenters. The Morgan fingerprint density at radius 2 is 2.27 bits per heavy atom. The van der Waals surface area contributed by atoms with Crippen LogP contribution in [0, 0.1) is 0 Å². The van der Waals surface area contributed by atoms with Crippen molar-refractivity contribution in [3.05, 3.63) is 33.8 Å². The predicted octanol–water partition coefficient (Wildman–Crippen LogP) is 1.93. The van der Waals surface area contributed by atoms with Crippen molar-refractivity contribution in [3.8, 4) is 0 Å². The molecule has 0 aliphatic heterocycles. The summed E-state index contributed by atoms with van der Waals surface area (Å²) in [7, 11) is 0. The largest absolute Gasteiger partial charge is 0.375 e. The molecule has 1 aliphatic rings. The van der Waals surface area contributed by atoms with Crippen molar-refractivity contribution in [2.24, 2.45) is 10.8 Å². The average molecular weight is 284 g/mol. The van der Waals surface area contributed by atoms with Crippen molar-refractivity contribution in [2.75, 3.05) is 0 Å². The summed E-state index contributed by atoms with van der Waals surface area (Å²) in [6.45, 7) is 0. The molecule has 3 N–H and O–H groups in total. The quantitative estimate of drug-likeness (QED) is 0.612. The fraction of sp³-hybridized carbons (Fsp3) is 0.200. The second-order valence-corrected chi connectivity index (χ2v) is 4.69. The number of hydrogen-bond acceptors (Lipinski definition) is 2. The molecule has 78 valence electrons. The minimum Gasteiger partial charge on any atom is -0.375 e. The Labute approximate surface area is 102 Å². The molecule has 0 bridgehead atoms. The van der Waals surface area contributed by atoms with Crippen LogP contribution < -0.4 is 11.2 Å². The second-order valence-electron chi connectivity index (χ2n) is 3.34. The fourth-order valence-electron chi connectivity index (χ4n) is 1.68. The van der Waals surface area contributed by atoms with Crippen molar-refractivity contribution < 1.29 is 0 Å². The van der Waals surface area contributed by atoms with Gasteiger partial charge in [-0.15, -0.1) is 0 Å². The predicted molar refractivity (Wildman–Crippen MR) is 68.9 cm³/mol. The molecule has 0 aromatic heterocycles. The van der Waals surface area contributed by atoms with Gasteiger partial charge in [0.15, 0.2) is 5.11 Å². The summed E-state index contributed by atoms with van der Waals surface area (Å²) in [6.07, 6.45) is 1.95. The van der Waals surface area contributed by atoms with E-state index in [9.17, 15) is 0 Å². The first-order valence-electron chi connectivity index (χ1n) is 4.57. The van der Waals surface area contributed by atoms with Gasteiger partial charge in [0.25, 0.3) is 0 Å². The van der Waals surface area contributed by atoms with Crippen LogP contribution in [-0.2, 0) is 6.42 Å². The summed E-state index contributed by atoms with van der Waals surface area (Å²) in [5, 5.41) is 4.38. The molecule has 0 unspecified atom stereocenters. The second kappa shape index (κ2) is 4.28. The number of nitrogens with zero attached hydrogens (tertiary/aromatic N) is 1. The summed E-state index contributed by atoms with van der Waals surface area (Å²) < 4.78 is 1.10. The van der Waals surface area contributed by atoms with Gasteiger partial charge < -0.3 is 5.73 Å². The minimum atomic E-state index is 0.202. The summed E-state index contributed by atoms with van der Waals surface area (Å²) in [4.78, 5) is 0. The third kappa shape index (κ3) is 2.35. The highest BCUT2D eigenvalue weighted by molar-refractivity contribution is 9.10. The van der Waals surface area contributed by atoms with Crippen LogP contribution in [-0.4, -0.2) is 10.8 Å². The molecule has 0 fully saturated rings. The van der Waals surface area contributed by atoms with E-state index in [4.69, 9.17) is 18.0 Å². The molecule has 1 aromatic rings. The van der Waals surface area contributed by atoms with E-state index in [2.05, 4.69) is 38.6 Å². The Balaban J connectivity index is 2.28. The van der Waals surface area contributed by atoms with E-state index in [0.717, 1.165) is 23.0 Å². The number of hydrogen-bond donors (Lipinski definition) is 2. The molecule has 0 spiro atoms. The first kappa shape index (κ1) is 10.6. The molecule has 1 aromatic carbocycles.